The van der Waals surface area contributed by atoms with Gasteiger partial charge in [-0.25, -0.2) is 0 Å². The third-order valence-corrected chi connectivity index (χ3v) is 12.4. The first-order valence-corrected chi connectivity index (χ1v) is 21.3. The Hall–Kier alpha value is -8.20. The third-order valence-electron chi connectivity index (χ3n) is 12.4. The van der Waals surface area contributed by atoms with Gasteiger partial charge in [-0.05, 0) is 120 Å². The molecular formula is C60H39NO. The lowest BCUT2D eigenvalue weighted by Gasteiger charge is -2.29. The van der Waals surface area contributed by atoms with E-state index in [-0.39, 0.29) is 0 Å². The number of furan rings is 1. The minimum atomic E-state index is 0.857. The topological polar surface area (TPSA) is 16.4 Å². The number of benzene rings is 11. The van der Waals surface area contributed by atoms with Gasteiger partial charge in [0.05, 0.1) is 16.8 Å². The molecule has 0 N–H and O–H groups in total. The fourth-order valence-electron chi connectivity index (χ4n) is 9.62. The summed E-state index contributed by atoms with van der Waals surface area (Å²) in [6.07, 6.45) is 0. The number of fused-ring (bicyclic) bond motifs is 7. The van der Waals surface area contributed by atoms with Crippen molar-refractivity contribution in [1.82, 2.24) is 0 Å². The van der Waals surface area contributed by atoms with Crippen molar-refractivity contribution in [2.45, 2.75) is 0 Å². The van der Waals surface area contributed by atoms with Gasteiger partial charge < -0.3 is 9.32 Å². The van der Waals surface area contributed by atoms with Gasteiger partial charge in [-0.15, -0.1) is 0 Å². The lowest BCUT2D eigenvalue weighted by Crippen LogP contribution is -2.11. The van der Waals surface area contributed by atoms with Crippen LogP contribution in [-0.4, -0.2) is 0 Å². The average molecular weight is 790 g/mol. The van der Waals surface area contributed by atoms with E-state index in [0.29, 0.717) is 0 Å². The molecule has 2 nitrogen and oxygen atoms in total. The Morgan fingerprint density at radius 2 is 0.855 bits per heavy atom. The maximum absolute atomic E-state index is 6.52. The van der Waals surface area contributed by atoms with Crippen molar-refractivity contribution in [3.8, 4) is 44.5 Å². The lowest BCUT2D eigenvalue weighted by molar-refractivity contribution is 0.669. The number of anilines is 3. The van der Waals surface area contributed by atoms with Gasteiger partial charge in [0, 0.05) is 16.6 Å². The van der Waals surface area contributed by atoms with Crippen LogP contribution in [0.2, 0.25) is 0 Å². The van der Waals surface area contributed by atoms with E-state index in [1.54, 1.807) is 0 Å². The summed E-state index contributed by atoms with van der Waals surface area (Å²) in [6.45, 7) is 0. The highest BCUT2D eigenvalue weighted by Crippen LogP contribution is 2.49. The molecule has 1 aromatic heterocycles. The Kier molecular flexibility index (Phi) is 8.53. The summed E-state index contributed by atoms with van der Waals surface area (Å²) in [4.78, 5) is 2.43. The van der Waals surface area contributed by atoms with Crippen molar-refractivity contribution in [2.75, 3.05) is 4.90 Å². The second-order valence-corrected chi connectivity index (χ2v) is 16.0. The molecule has 0 aliphatic carbocycles. The smallest absolute Gasteiger partial charge is 0.137 e. The molecule has 2 heteroatoms. The summed E-state index contributed by atoms with van der Waals surface area (Å²) in [7, 11) is 0. The van der Waals surface area contributed by atoms with Crippen molar-refractivity contribution in [2.24, 2.45) is 0 Å². The van der Waals surface area contributed by atoms with Gasteiger partial charge in [-0.1, -0.05) is 188 Å². The van der Waals surface area contributed by atoms with E-state index in [9.17, 15) is 0 Å². The quantitative estimate of drug-likeness (QED) is 0.150. The SMILES string of the molecule is c1ccc(-c2c(-c3ccccc3)c3cc(-c4ccccc4N(c4cccc(-c5ccc6ccccc6c5)c4)c4cccc5oc6ccccc6c45)ccc3c3ccccc23)cc1. The van der Waals surface area contributed by atoms with Crippen LogP contribution in [0.15, 0.2) is 241 Å². The van der Waals surface area contributed by atoms with Crippen LogP contribution >= 0.6 is 0 Å². The Labute approximate surface area is 360 Å². The summed E-state index contributed by atoms with van der Waals surface area (Å²) < 4.78 is 6.52. The molecule has 0 spiro atoms. The molecule has 0 radical (unpaired) electrons. The molecule has 290 valence electrons. The first-order chi connectivity index (χ1) is 30.8. The average Bonchev–Trinajstić information content (AvgIpc) is 3.74. The molecule has 0 unspecified atom stereocenters. The minimum Gasteiger partial charge on any atom is -0.456 e. The van der Waals surface area contributed by atoms with Crippen molar-refractivity contribution in [3.63, 3.8) is 0 Å². The standard InChI is InChI=1S/C60H39NO/c1-3-18-41(19-4-1)58-51-27-10-9-26-49(51)50-36-35-46(39-53(50)59(58)42-20-5-2-6-21-42)48-25-11-13-29-54(48)61(55-30-16-32-57-60(55)52-28-12-14-31-56(52)62-57)47-24-15-23-44(38-47)45-34-33-40-17-7-8-22-43(40)37-45/h1-39H. The monoisotopic (exact) mass is 789 g/mol. The van der Waals surface area contributed by atoms with Crippen LogP contribution in [0.4, 0.5) is 17.1 Å². The van der Waals surface area contributed by atoms with Gasteiger partial charge in [0.15, 0.2) is 0 Å². The van der Waals surface area contributed by atoms with E-state index < -0.39 is 0 Å². The molecule has 1 heterocycles. The molecule has 12 aromatic rings. The van der Waals surface area contributed by atoms with Gasteiger partial charge in [-0.2, -0.15) is 0 Å². The molecule has 11 aromatic carbocycles. The molecular weight excluding hydrogens is 751 g/mol. The van der Waals surface area contributed by atoms with Crippen LogP contribution in [0, 0.1) is 0 Å². The van der Waals surface area contributed by atoms with Gasteiger partial charge in [0.2, 0.25) is 0 Å². The summed E-state index contributed by atoms with van der Waals surface area (Å²) >= 11 is 0. The highest BCUT2D eigenvalue weighted by atomic mass is 16.3. The first-order valence-electron chi connectivity index (χ1n) is 21.3. The zero-order valence-corrected chi connectivity index (χ0v) is 33.9. The number of hydrogen-bond donors (Lipinski definition) is 0. The maximum Gasteiger partial charge on any atom is 0.137 e. The van der Waals surface area contributed by atoms with Crippen LogP contribution < -0.4 is 4.90 Å². The molecule has 0 atom stereocenters. The normalized spacial score (nSPS) is 11.5. The zero-order valence-electron chi connectivity index (χ0n) is 33.9. The first kappa shape index (κ1) is 35.7. The predicted octanol–water partition coefficient (Wildman–Crippen LogP) is 17.2. The largest absolute Gasteiger partial charge is 0.456 e. The summed E-state index contributed by atoms with van der Waals surface area (Å²) in [5.41, 5.74) is 14.4. The van der Waals surface area contributed by atoms with Gasteiger partial charge in [0.1, 0.15) is 11.2 Å². The van der Waals surface area contributed by atoms with E-state index in [4.69, 9.17) is 4.42 Å². The van der Waals surface area contributed by atoms with Gasteiger partial charge in [0.25, 0.3) is 0 Å². The van der Waals surface area contributed by atoms with Crippen molar-refractivity contribution in [3.05, 3.63) is 237 Å². The van der Waals surface area contributed by atoms with E-state index in [2.05, 4.69) is 235 Å². The minimum absolute atomic E-state index is 0.857. The number of hydrogen-bond acceptors (Lipinski definition) is 2. The zero-order chi connectivity index (χ0) is 41.0. The summed E-state index contributed by atoms with van der Waals surface area (Å²) in [6, 6.07) is 85.6. The van der Waals surface area contributed by atoms with Crippen molar-refractivity contribution in [1.29, 1.82) is 0 Å². The highest BCUT2D eigenvalue weighted by Gasteiger charge is 2.24. The van der Waals surface area contributed by atoms with Gasteiger partial charge in [-0.3, -0.25) is 0 Å². The molecule has 12 rings (SSSR count). The van der Waals surface area contributed by atoms with Crippen molar-refractivity contribution >= 4 is 71.3 Å². The molecule has 0 aliphatic rings. The van der Waals surface area contributed by atoms with Crippen LogP contribution in [0.5, 0.6) is 0 Å². The Morgan fingerprint density at radius 3 is 1.68 bits per heavy atom. The second kappa shape index (κ2) is 14.8. The number of para-hydroxylation sites is 2. The van der Waals surface area contributed by atoms with E-state index in [1.807, 2.05) is 6.07 Å². The fourth-order valence-corrected chi connectivity index (χ4v) is 9.62. The molecule has 0 fully saturated rings. The van der Waals surface area contributed by atoms with Crippen LogP contribution in [0.25, 0.3) is 98.8 Å². The van der Waals surface area contributed by atoms with E-state index >= 15 is 0 Å². The maximum atomic E-state index is 6.52. The van der Waals surface area contributed by atoms with E-state index in [0.717, 1.165) is 55.7 Å². The molecule has 62 heavy (non-hydrogen) atoms. The fraction of sp³-hybridized carbons (Fsp3) is 0. The predicted molar refractivity (Wildman–Crippen MR) is 263 cm³/mol. The van der Waals surface area contributed by atoms with Crippen LogP contribution in [0.1, 0.15) is 0 Å². The van der Waals surface area contributed by atoms with Crippen molar-refractivity contribution < 1.29 is 4.42 Å². The molecule has 0 aliphatic heterocycles. The van der Waals surface area contributed by atoms with E-state index in [1.165, 1.54) is 60.1 Å². The second-order valence-electron chi connectivity index (χ2n) is 16.0. The Morgan fingerprint density at radius 1 is 0.290 bits per heavy atom. The third kappa shape index (κ3) is 5.96. The van der Waals surface area contributed by atoms with Crippen LogP contribution in [0.3, 0.4) is 0 Å². The summed E-state index contributed by atoms with van der Waals surface area (Å²) in [5, 5.41) is 9.56. The molecule has 0 amide bonds. The molecule has 0 bridgehead atoms. The lowest BCUT2D eigenvalue weighted by atomic mass is 9.84. The molecule has 0 saturated heterocycles. The van der Waals surface area contributed by atoms with Gasteiger partial charge >= 0.3 is 0 Å². The number of nitrogens with zero attached hydrogens (tertiary/aromatic N) is 1. The number of rotatable bonds is 7. The highest BCUT2D eigenvalue weighted by molar-refractivity contribution is 6.22. The Balaban J connectivity index is 1.13. The summed E-state index contributed by atoms with van der Waals surface area (Å²) in [5.74, 6) is 0. The Bertz CT molecular complexity index is 3640. The molecule has 0 saturated carbocycles. The van der Waals surface area contributed by atoms with Crippen LogP contribution in [-0.2, 0) is 0 Å².